The number of hydrogen-bond donors (Lipinski definition) is 0. The molecule has 0 heterocycles. The Morgan fingerprint density at radius 1 is 1.39 bits per heavy atom. The second-order valence-corrected chi connectivity index (χ2v) is 4.72. The summed E-state index contributed by atoms with van der Waals surface area (Å²) in [5, 5.41) is 0. The van der Waals surface area contributed by atoms with Crippen LogP contribution >= 0.6 is 0 Å². The largest absolute Gasteiger partial charge is 0.471 e. The lowest BCUT2D eigenvalue weighted by atomic mass is 9.76. The van der Waals surface area contributed by atoms with E-state index >= 15 is 0 Å². The molecule has 2 atom stereocenters. The maximum absolute atomic E-state index is 11.5. The Bertz CT molecular complexity index is 438. The van der Waals surface area contributed by atoms with Gasteiger partial charge in [-0.15, -0.1) is 0 Å². The van der Waals surface area contributed by atoms with Gasteiger partial charge in [0.2, 0.25) is 0 Å². The summed E-state index contributed by atoms with van der Waals surface area (Å²) < 4.78 is 10.4. The smallest absolute Gasteiger partial charge is 0.188 e. The van der Waals surface area contributed by atoms with Gasteiger partial charge in [-0.1, -0.05) is 30.3 Å². The molecule has 0 unspecified atom stereocenters. The van der Waals surface area contributed by atoms with Crippen LogP contribution in [0.3, 0.4) is 0 Å². The first-order valence-electron chi connectivity index (χ1n) is 6.06. The Morgan fingerprint density at radius 3 is 2.72 bits per heavy atom. The number of methoxy groups -OCH3 is 1. The Hall–Kier alpha value is -1.61. The second kappa shape index (κ2) is 5.36. The zero-order valence-electron chi connectivity index (χ0n) is 10.8. The Balaban J connectivity index is 2.23. The number of benzene rings is 1. The van der Waals surface area contributed by atoms with E-state index < -0.39 is 5.41 Å². The van der Waals surface area contributed by atoms with E-state index in [-0.39, 0.29) is 12.7 Å². The third-order valence-corrected chi connectivity index (χ3v) is 3.57. The standard InChI is InChI=1S/C15H18O3/c1-15(10-16)13(12-6-4-3-5-7-12)8-9-14(15)18-11-17-2/h3-7,9-10,13H,8,11H2,1-2H3/t13-,15-/m1/s1. The molecule has 1 aliphatic carbocycles. The van der Waals surface area contributed by atoms with Crippen LogP contribution in [0.5, 0.6) is 0 Å². The number of carbonyl (C=O) groups is 1. The normalized spacial score (nSPS) is 26.8. The Morgan fingerprint density at radius 2 is 2.11 bits per heavy atom. The topological polar surface area (TPSA) is 35.5 Å². The van der Waals surface area contributed by atoms with Crippen LogP contribution < -0.4 is 0 Å². The highest BCUT2D eigenvalue weighted by Crippen LogP contribution is 2.48. The van der Waals surface area contributed by atoms with E-state index in [2.05, 4.69) is 12.1 Å². The first kappa shape index (κ1) is 12.8. The quantitative estimate of drug-likeness (QED) is 0.592. The average molecular weight is 246 g/mol. The van der Waals surface area contributed by atoms with Gasteiger partial charge in [0.25, 0.3) is 0 Å². The van der Waals surface area contributed by atoms with Crippen LogP contribution in [0, 0.1) is 5.41 Å². The summed E-state index contributed by atoms with van der Waals surface area (Å²) in [6, 6.07) is 10.1. The van der Waals surface area contributed by atoms with Crippen LogP contribution in [0.2, 0.25) is 0 Å². The number of ether oxygens (including phenoxy) is 2. The van der Waals surface area contributed by atoms with Gasteiger partial charge in [0.05, 0.1) is 5.41 Å². The number of carbonyl (C=O) groups excluding carboxylic acids is 1. The maximum Gasteiger partial charge on any atom is 0.188 e. The maximum atomic E-state index is 11.5. The zero-order valence-corrected chi connectivity index (χ0v) is 10.8. The first-order chi connectivity index (χ1) is 8.72. The van der Waals surface area contributed by atoms with Crippen LogP contribution in [0.4, 0.5) is 0 Å². The van der Waals surface area contributed by atoms with Gasteiger partial charge in [0.15, 0.2) is 6.79 Å². The summed E-state index contributed by atoms with van der Waals surface area (Å²) in [5.74, 6) is 0.858. The van der Waals surface area contributed by atoms with Crippen molar-refractivity contribution in [3.8, 4) is 0 Å². The van der Waals surface area contributed by atoms with Crippen molar-refractivity contribution in [3.63, 3.8) is 0 Å². The van der Waals surface area contributed by atoms with Crippen molar-refractivity contribution in [3.05, 3.63) is 47.7 Å². The molecule has 18 heavy (non-hydrogen) atoms. The third kappa shape index (κ3) is 2.18. The van der Waals surface area contributed by atoms with Crippen LogP contribution in [0.1, 0.15) is 24.8 Å². The monoisotopic (exact) mass is 246 g/mol. The molecule has 1 aromatic carbocycles. The molecule has 3 nitrogen and oxygen atoms in total. The molecule has 0 spiro atoms. The molecule has 0 N–H and O–H groups in total. The molecule has 0 bridgehead atoms. The van der Waals surface area contributed by atoms with Gasteiger partial charge in [-0.05, 0) is 25.0 Å². The van der Waals surface area contributed by atoms with Crippen LogP contribution in [0.25, 0.3) is 0 Å². The predicted octanol–water partition coefficient (Wildman–Crippen LogP) is 2.88. The van der Waals surface area contributed by atoms with E-state index in [0.717, 1.165) is 12.7 Å². The summed E-state index contributed by atoms with van der Waals surface area (Å²) in [6.45, 7) is 2.10. The summed E-state index contributed by atoms with van der Waals surface area (Å²) in [5.41, 5.74) is 0.569. The van der Waals surface area contributed by atoms with Crippen molar-refractivity contribution in [2.75, 3.05) is 13.9 Å². The molecule has 0 saturated carbocycles. The molecule has 0 fully saturated rings. The van der Waals surface area contributed by atoms with Gasteiger partial charge in [0.1, 0.15) is 12.0 Å². The van der Waals surface area contributed by atoms with E-state index in [1.807, 2.05) is 31.2 Å². The minimum Gasteiger partial charge on any atom is -0.471 e. The van der Waals surface area contributed by atoms with Gasteiger partial charge >= 0.3 is 0 Å². The van der Waals surface area contributed by atoms with E-state index in [1.54, 1.807) is 7.11 Å². The van der Waals surface area contributed by atoms with Crippen molar-refractivity contribution in [2.45, 2.75) is 19.3 Å². The molecular weight excluding hydrogens is 228 g/mol. The average Bonchev–Trinajstić information content (AvgIpc) is 2.75. The second-order valence-electron chi connectivity index (χ2n) is 4.72. The minimum atomic E-state index is -0.597. The van der Waals surface area contributed by atoms with Crippen molar-refractivity contribution < 1.29 is 14.3 Å². The van der Waals surface area contributed by atoms with E-state index in [0.29, 0.717) is 5.76 Å². The molecule has 3 heteroatoms. The van der Waals surface area contributed by atoms with Crippen LogP contribution in [-0.4, -0.2) is 20.2 Å². The van der Waals surface area contributed by atoms with E-state index in [9.17, 15) is 4.79 Å². The van der Waals surface area contributed by atoms with E-state index in [1.165, 1.54) is 5.56 Å². The molecule has 0 radical (unpaired) electrons. The van der Waals surface area contributed by atoms with Crippen molar-refractivity contribution >= 4 is 6.29 Å². The van der Waals surface area contributed by atoms with Gasteiger partial charge in [0, 0.05) is 13.0 Å². The van der Waals surface area contributed by atoms with Crippen molar-refractivity contribution in [2.24, 2.45) is 5.41 Å². The number of aldehydes is 1. The Labute approximate surface area is 107 Å². The molecule has 96 valence electrons. The van der Waals surface area contributed by atoms with Crippen LogP contribution in [-0.2, 0) is 14.3 Å². The van der Waals surface area contributed by atoms with Crippen molar-refractivity contribution in [1.82, 2.24) is 0 Å². The molecular formula is C15H18O3. The molecule has 0 amide bonds. The minimum absolute atomic E-state index is 0.142. The first-order valence-corrected chi connectivity index (χ1v) is 6.06. The zero-order chi connectivity index (χ0) is 13.0. The molecule has 1 aliphatic rings. The fraction of sp³-hybridized carbons (Fsp3) is 0.400. The van der Waals surface area contributed by atoms with Gasteiger partial charge < -0.3 is 14.3 Å². The lowest BCUT2D eigenvalue weighted by molar-refractivity contribution is -0.117. The summed E-state index contributed by atoms with van der Waals surface area (Å²) in [7, 11) is 1.57. The van der Waals surface area contributed by atoms with Crippen LogP contribution in [0.15, 0.2) is 42.2 Å². The summed E-state index contributed by atoms with van der Waals surface area (Å²) in [4.78, 5) is 11.5. The molecule has 1 aromatic rings. The van der Waals surface area contributed by atoms with Gasteiger partial charge in [-0.2, -0.15) is 0 Å². The highest BCUT2D eigenvalue weighted by molar-refractivity contribution is 5.67. The molecule has 0 saturated heterocycles. The molecule has 0 aliphatic heterocycles. The lowest BCUT2D eigenvalue weighted by Gasteiger charge is -2.29. The van der Waals surface area contributed by atoms with Gasteiger partial charge in [-0.3, -0.25) is 0 Å². The van der Waals surface area contributed by atoms with Gasteiger partial charge in [-0.25, -0.2) is 0 Å². The Kier molecular flexibility index (Phi) is 3.82. The third-order valence-electron chi connectivity index (χ3n) is 3.57. The fourth-order valence-electron chi connectivity index (χ4n) is 2.51. The van der Waals surface area contributed by atoms with Crippen molar-refractivity contribution in [1.29, 1.82) is 0 Å². The highest BCUT2D eigenvalue weighted by atomic mass is 16.7. The fourth-order valence-corrected chi connectivity index (χ4v) is 2.51. The number of rotatable bonds is 5. The highest BCUT2D eigenvalue weighted by Gasteiger charge is 2.43. The lowest BCUT2D eigenvalue weighted by Crippen LogP contribution is -2.27. The predicted molar refractivity (Wildman–Crippen MR) is 69.0 cm³/mol. The summed E-state index contributed by atoms with van der Waals surface area (Å²) in [6.07, 6.45) is 3.79. The number of allylic oxidation sites excluding steroid dienone is 2. The SMILES string of the molecule is COCOC1=CC[C@H](c2ccccc2)[C@@]1(C)C=O. The van der Waals surface area contributed by atoms with E-state index in [4.69, 9.17) is 9.47 Å². The number of hydrogen-bond acceptors (Lipinski definition) is 3. The molecule has 0 aromatic heterocycles. The summed E-state index contributed by atoms with van der Waals surface area (Å²) >= 11 is 0. The molecule has 2 rings (SSSR count).